The maximum absolute atomic E-state index is 11.1. The average molecular weight is 243 g/mol. The minimum absolute atomic E-state index is 0.383. The van der Waals surface area contributed by atoms with E-state index < -0.39 is 0 Å². The van der Waals surface area contributed by atoms with E-state index in [0.29, 0.717) is 12.1 Å². The lowest BCUT2D eigenvalue weighted by atomic mass is 10.1. The first-order valence-corrected chi connectivity index (χ1v) is 5.84. The first kappa shape index (κ1) is 12.2. The first-order valence-electron chi connectivity index (χ1n) is 5.84. The lowest BCUT2D eigenvalue weighted by molar-refractivity contribution is -0.114. The van der Waals surface area contributed by atoms with Gasteiger partial charge in [0.05, 0.1) is 12.2 Å². The van der Waals surface area contributed by atoms with Crippen molar-refractivity contribution in [3.05, 3.63) is 53.3 Å². The summed E-state index contributed by atoms with van der Waals surface area (Å²) in [5.74, 6) is -0.383. The smallest absolute Gasteiger partial charge is 0.246 e. The monoisotopic (exact) mass is 243 g/mol. The molecule has 1 aliphatic rings. The van der Waals surface area contributed by atoms with Crippen LogP contribution in [0.2, 0.25) is 0 Å². The summed E-state index contributed by atoms with van der Waals surface area (Å²) in [5.41, 5.74) is 12.5. The number of primary amides is 1. The quantitative estimate of drug-likeness (QED) is 0.852. The molecule has 0 spiro atoms. The summed E-state index contributed by atoms with van der Waals surface area (Å²) in [5, 5.41) is 1.84. The summed E-state index contributed by atoms with van der Waals surface area (Å²) in [6.45, 7) is 4.58. The third-order valence-corrected chi connectivity index (χ3v) is 2.87. The third kappa shape index (κ3) is 2.71. The minimum Gasteiger partial charge on any atom is -0.366 e. The zero-order valence-electron chi connectivity index (χ0n) is 10.6. The second kappa shape index (κ2) is 4.96. The van der Waals surface area contributed by atoms with Crippen molar-refractivity contribution in [2.75, 3.05) is 12.0 Å². The number of nitrogens with zero attached hydrogens (tertiary/aromatic N) is 1. The summed E-state index contributed by atoms with van der Waals surface area (Å²) < 4.78 is 0. The number of allylic oxidation sites excluding steroid dienone is 2. The van der Waals surface area contributed by atoms with Crippen LogP contribution in [0.25, 0.3) is 0 Å². The maximum atomic E-state index is 11.1. The number of amides is 1. The van der Waals surface area contributed by atoms with Crippen LogP contribution in [0.3, 0.4) is 0 Å². The fourth-order valence-electron chi connectivity index (χ4n) is 1.88. The fourth-order valence-corrected chi connectivity index (χ4v) is 1.88. The number of anilines is 1. The Morgan fingerprint density at radius 1 is 1.39 bits per heavy atom. The molecule has 1 aromatic rings. The molecule has 1 heterocycles. The average Bonchev–Trinajstić information content (AvgIpc) is 2.33. The molecule has 3 N–H and O–H groups in total. The molecule has 0 radical (unpaired) electrons. The second-order valence-corrected chi connectivity index (χ2v) is 4.46. The van der Waals surface area contributed by atoms with E-state index in [-0.39, 0.29) is 5.91 Å². The molecule has 4 nitrogen and oxygen atoms in total. The van der Waals surface area contributed by atoms with Crippen LogP contribution in [0, 0.1) is 13.8 Å². The number of carbonyl (C=O) groups is 1. The van der Waals surface area contributed by atoms with Gasteiger partial charge in [-0.25, -0.2) is 0 Å². The largest absolute Gasteiger partial charge is 0.366 e. The predicted octanol–water partition coefficient (Wildman–Crippen LogP) is 1.87. The molecule has 0 aromatic heterocycles. The van der Waals surface area contributed by atoms with Crippen LogP contribution in [0.15, 0.2) is 42.1 Å². The predicted molar refractivity (Wildman–Crippen MR) is 72.7 cm³/mol. The van der Waals surface area contributed by atoms with Crippen molar-refractivity contribution in [2.45, 2.75) is 13.8 Å². The van der Waals surface area contributed by atoms with Gasteiger partial charge in [0, 0.05) is 11.8 Å². The van der Waals surface area contributed by atoms with E-state index in [1.165, 1.54) is 11.1 Å². The number of carbonyl (C=O) groups excluding carboxylic acids is 1. The van der Waals surface area contributed by atoms with Crippen molar-refractivity contribution < 1.29 is 4.79 Å². The molecule has 0 aliphatic carbocycles. The van der Waals surface area contributed by atoms with Crippen molar-refractivity contribution in [3.8, 4) is 0 Å². The number of hydrogen-bond acceptors (Lipinski definition) is 3. The van der Waals surface area contributed by atoms with Gasteiger partial charge in [-0.05, 0) is 31.6 Å². The molecule has 1 aliphatic heterocycles. The summed E-state index contributed by atoms with van der Waals surface area (Å²) in [7, 11) is 0. The van der Waals surface area contributed by atoms with E-state index in [9.17, 15) is 4.79 Å². The molecule has 2 rings (SSSR count). The lowest BCUT2D eigenvalue weighted by Gasteiger charge is -2.26. The second-order valence-electron chi connectivity index (χ2n) is 4.46. The summed E-state index contributed by atoms with van der Waals surface area (Å²) in [6.07, 6.45) is 5.42. The molecular formula is C14H17N3O. The van der Waals surface area contributed by atoms with Gasteiger partial charge in [0.25, 0.3) is 0 Å². The normalized spacial score (nSPS) is 14.3. The van der Waals surface area contributed by atoms with E-state index >= 15 is 0 Å². The van der Waals surface area contributed by atoms with Crippen LogP contribution >= 0.6 is 0 Å². The molecule has 1 aromatic carbocycles. The van der Waals surface area contributed by atoms with E-state index in [0.717, 1.165) is 5.69 Å². The molecule has 4 heteroatoms. The third-order valence-electron chi connectivity index (χ3n) is 2.87. The van der Waals surface area contributed by atoms with Gasteiger partial charge in [-0.1, -0.05) is 23.8 Å². The molecule has 18 heavy (non-hydrogen) atoms. The van der Waals surface area contributed by atoms with Gasteiger partial charge in [0.15, 0.2) is 0 Å². The first-order chi connectivity index (χ1) is 8.56. The number of rotatable bonds is 3. The Bertz CT molecular complexity index is 532. The van der Waals surface area contributed by atoms with E-state index in [1.54, 1.807) is 12.2 Å². The Labute approximate surface area is 107 Å². The van der Waals surface area contributed by atoms with Gasteiger partial charge >= 0.3 is 0 Å². The Hall–Kier alpha value is -2.23. The zero-order valence-corrected chi connectivity index (χ0v) is 10.6. The van der Waals surface area contributed by atoms with Gasteiger partial charge in [-0.2, -0.15) is 0 Å². The molecular weight excluding hydrogens is 226 g/mol. The molecule has 94 valence electrons. The van der Waals surface area contributed by atoms with E-state index in [2.05, 4.69) is 18.4 Å². The lowest BCUT2D eigenvalue weighted by Crippen LogP contribution is -2.32. The Balaban J connectivity index is 2.09. The number of benzene rings is 1. The fraction of sp³-hybridized carbons (Fsp3) is 0.214. The number of hydrogen-bond donors (Lipinski definition) is 2. The highest BCUT2D eigenvalue weighted by atomic mass is 16.1. The highest BCUT2D eigenvalue weighted by Gasteiger charge is 2.12. The molecule has 0 bridgehead atoms. The van der Waals surface area contributed by atoms with Crippen LogP contribution in [0.5, 0.6) is 0 Å². The van der Waals surface area contributed by atoms with Crippen molar-refractivity contribution in [1.82, 2.24) is 5.01 Å². The van der Waals surface area contributed by atoms with Crippen LogP contribution in [0.4, 0.5) is 5.69 Å². The number of aryl methyl sites for hydroxylation is 2. The highest BCUT2D eigenvalue weighted by molar-refractivity contribution is 5.93. The van der Waals surface area contributed by atoms with Crippen LogP contribution < -0.4 is 11.2 Å². The van der Waals surface area contributed by atoms with Crippen LogP contribution in [0.1, 0.15) is 11.1 Å². The number of nitrogens with one attached hydrogen (secondary N) is 1. The van der Waals surface area contributed by atoms with Gasteiger partial charge in [-0.15, -0.1) is 0 Å². The summed E-state index contributed by atoms with van der Waals surface area (Å²) >= 11 is 0. The molecule has 0 unspecified atom stereocenters. The topological polar surface area (TPSA) is 58.4 Å². The van der Waals surface area contributed by atoms with E-state index in [1.807, 2.05) is 30.3 Å². The van der Waals surface area contributed by atoms with Gasteiger partial charge in [0.1, 0.15) is 0 Å². The standard InChI is InChI=1S/C14H17N3O/c1-10-5-6-13(11(2)8-10)16-17-7-3-4-12(9-17)14(15)18/h3-8,16H,9H2,1-2H3,(H2,15,18). The SMILES string of the molecule is Cc1ccc(NN2C=CC=C(C(N)=O)C2)c(C)c1. The molecule has 0 saturated heterocycles. The van der Waals surface area contributed by atoms with Crippen molar-refractivity contribution in [2.24, 2.45) is 5.73 Å². The highest BCUT2D eigenvalue weighted by Crippen LogP contribution is 2.18. The summed E-state index contributed by atoms with van der Waals surface area (Å²) in [6, 6.07) is 6.19. The minimum atomic E-state index is -0.383. The maximum Gasteiger partial charge on any atom is 0.246 e. The van der Waals surface area contributed by atoms with Crippen molar-refractivity contribution in [3.63, 3.8) is 0 Å². The zero-order chi connectivity index (χ0) is 13.1. The molecule has 0 saturated carbocycles. The van der Waals surface area contributed by atoms with Crippen LogP contribution in [-0.2, 0) is 4.79 Å². The molecule has 1 amide bonds. The Morgan fingerprint density at radius 2 is 2.17 bits per heavy atom. The van der Waals surface area contributed by atoms with Gasteiger partial charge in [-0.3, -0.25) is 15.2 Å². The number of hydrazine groups is 1. The van der Waals surface area contributed by atoms with Crippen LogP contribution in [-0.4, -0.2) is 17.5 Å². The summed E-state index contributed by atoms with van der Waals surface area (Å²) in [4.78, 5) is 11.1. The Morgan fingerprint density at radius 3 is 2.83 bits per heavy atom. The van der Waals surface area contributed by atoms with Crippen molar-refractivity contribution >= 4 is 11.6 Å². The number of nitrogens with two attached hydrogens (primary N) is 1. The van der Waals surface area contributed by atoms with Gasteiger partial charge in [0.2, 0.25) is 5.91 Å². The Kier molecular flexibility index (Phi) is 3.37. The van der Waals surface area contributed by atoms with Gasteiger partial charge < -0.3 is 5.73 Å². The molecule has 0 fully saturated rings. The van der Waals surface area contributed by atoms with Crippen molar-refractivity contribution in [1.29, 1.82) is 0 Å². The van der Waals surface area contributed by atoms with E-state index in [4.69, 9.17) is 5.73 Å². The molecule has 0 atom stereocenters.